The maximum atomic E-state index is 12.7. The highest BCUT2D eigenvalue weighted by atomic mass is 35.5. The molecule has 5 nitrogen and oxygen atoms in total. The lowest BCUT2D eigenvalue weighted by Gasteiger charge is -2.12. The first-order chi connectivity index (χ1) is 13.5. The molecule has 0 aliphatic rings. The molecule has 3 aromatic rings. The van der Waals surface area contributed by atoms with Gasteiger partial charge in [0.1, 0.15) is 5.75 Å². The second-order valence-corrected chi connectivity index (χ2v) is 6.77. The van der Waals surface area contributed by atoms with E-state index in [0.29, 0.717) is 32.6 Å². The van der Waals surface area contributed by atoms with E-state index in [1.807, 2.05) is 0 Å². The lowest BCUT2D eigenvalue weighted by Crippen LogP contribution is -2.14. The number of pyridine rings is 1. The van der Waals surface area contributed by atoms with Gasteiger partial charge in [-0.1, -0.05) is 29.3 Å². The molecular weight excluding hydrogens is 399 g/mol. The molecule has 1 aromatic heterocycles. The number of hydrogen-bond donors (Lipinski definition) is 1. The Labute approximate surface area is 172 Å². The third kappa shape index (κ3) is 4.68. The Morgan fingerprint density at radius 3 is 2.54 bits per heavy atom. The molecule has 142 valence electrons. The van der Waals surface area contributed by atoms with Crippen molar-refractivity contribution < 1.29 is 14.3 Å². The Hall–Kier alpha value is -2.89. The summed E-state index contributed by atoms with van der Waals surface area (Å²) in [5.74, 6) is -0.0262. The normalized spacial score (nSPS) is 10.4. The molecule has 0 unspecified atom stereocenters. The predicted octanol–water partition coefficient (Wildman–Crippen LogP) is 5.07. The van der Waals surface area contributed by atoms with Crippen LogP contribution < -0.4 is 10.1 Å². The van der Waals surface area contributed by atoms with E-state index in [9.17, 15) is 9.59 Å². The number of carbonyl (C=O) groups excluding carboxylic acids is 2. The molecule has 0 bridgehead atoms. The van der Waals surface area contributed by atoms with E-state index in [2.05, 4.69) is 10.3 Å². The topological polar surface area (TPSA) is 68.3 Å². The third-order valence-corrected chi connectivity index (χ3v) is 4.78. The molecule has 28 heavy (non-hydrogen) atoms. The van der Waals surface area contributed by atoms with Crippen LogP contribution in [0.25, 0.3) is 0 Å². The van der Waals surface area contributed by atoms with E-state index in [0.717, 1.165) is 5.56 Å². The Bertz CT molecular complexity index is 1020. The van der Waals surface area contributed by atoms with Crippen molar-refractivity contribution >= 4 is 40.6 Å². The van der Waals surface area contributed by atoms with E-state index < -0.39 is 0 Å². The summed E-state index contributed by atoms with van der Waals surface area (Å²) in [4.78, 5) is 29.0. The van der Waals surface area contributed by atoms with Crippen LogP contribution in [0.15, 0.2) is 60.9 Å². The summed E-state index contributed by atoms with van der Waals surface area (Å²) in [6.45, 7) is 0. The highest BCUT2D eigenvalue weighted by molar-refractivity contribution is 6.42. The van der Waals surface area contributed by atoms with Crippen LogP contribution in [0.2, 0.25) is 10.0 Å². The third-order valence-electron chi connectivity index (χ3n) is 4.04. The fourth-order valence-electron chi connectivity index (χ4n) is 2.61. The Morgan fingerprint density at radius 1 is 1.04 bits per heavy atom. The Balaban J connectivity index is 1.82. The average Bonchev–Trinajstić information content (AvgIpc) is 2.71. The van der Waals surface area contributed by atoms with Gasteiger partial charge in [0.15, 0.2) is 5.78 Å². The van der Waals surface area contributed by atoms with Gasteiger partial charge in [0.2, 0.25) is 0 Å². The van der Waals surface area contributed by atoms with Crippen LogP contribution in [-0.4, -0.2) is 23.8 Å². The standard InChI is InChI=1S/C21H16Cl2N2O3/c1-28-20-7-5-14(19(26)10-13-4-6-16(22)17(23)9-13)11-18(20)25-21(27)15-3-2-8-24-12-15/h2-9,11-12H,10H2,1H3,(H,25,27). The molecule has 1 amide bonds. The van der Waals surface area contributed by atoms with Crippen LogP contribution in [0.4, 0.5) is 5.69 Å². The van der Waals surface area contributed by atoms with E-state index in [4.69, 9.17) is 27.9 Å². The van der Waals surface area contributed by atoms with Crippen molar-refractivity contribution in [3.8, 4) is 5.75 Å². The molecule has 0 atom stereocenters. The summed E-state index contributed by atoms with van der Waals surface area (Å²) in [7, 11) is 1.49. The first-order valence-corrected chi connectivity index (χ1v) is 9.10. The molecule has 2 aromatic carbocycles. The number of nitrogens with zero attached hydrogens (tertiary/aromatic N) is 1. The van der Waals surface area contributed by atoms with Gasteiger partial charge in [0.05, 0.1) is 28.4 Å². The van der Waals surface area contributed by atoms with Gasteiger partial charge in [-0.3, -0.25) is 14.6 Å². The van der Waals surface area contributed by atoms with Gasteiger partial charge in [0.25, 0.3) is 5.91 Å². The number of rotatable bonds is 6. The lowest BCUT2D eigenvalue weighted by molar-refractivity contribution is 0.0989. The minimum atomic E-state index is -0.347. The smallest absolute Gasteiger partial charge is 0.257 e. The lowest BCUT2D eigenvalue weighted by atomic mass is 10.0. The van der Waals surface area contributed by atoms with Crippen LogP contribution in [0.3, 0.4) is 0 Å². The maximum absolute atomic E-state index is 12.7. The number of carbonyl (C=O) groups is 2. The number of anilines is 1. The molecule has 0 spiro atoms. The van der Waals surface area contributed by atoms with Gasteiger partial charge >= 0.3 is 0 Å². The van der Waals surface area contributed by atoms with E-state index in [1.54, 1.807) is 54.7 Å². The second-order valence-electron chi connectivity index (χ2n) is 5.96. The Kier molecular flexibility index (Phi) is 6.29. The zero-order valence-corrected chi connectivity index (χ0v) is 16.4. The number of nitrogens with one attached hydrogen (secondary N) is 1. The number of aromatic nitrogens is 1. The number of Topliss-reactive ketones (excluding diaryl/α,β-unsaturated/α-hetero) is 1. The van der Waals surface area contributed by atoms with E-state index >= 15 is 0 Å². The summed E-state index contributed by atoms with van der Waals surface area (Å²) < 4.78 is 5.29. The van der Waals surface area contributed by atoms with Crippen LogP contribution >= 0.6 is 23.2 Å². The summed E-state index contributed by atoms with van der Waals surface area (Å²) in [5.41, 5.74) is 1.98. The minimum Gasteiger partial charge on any atom is -0.495 e. The molecular formula is C21H16Cl2N2O3. The average molecular weight is 415 g/mol. The van der Waals surface area contributed by atoms with Crippen molar-refractivity contribution in [2.75, 3.05) is 12.4 Å². The van der Waals surface area contributed by atoms with E-state index in [-0.39, 0.29) is 18.1 Å². The molecule has 0 saturated carbocycles. The molecule has 1 N–H and O–H groups in total. The van der Waals surface area contributed by atoms with Crippen LogP contribution in [-0.2, 0) is 6.42 Å². The van der Waals surface area contributed by atoms with Gasteiger partial charge in [-0.15, -0.1) is 0 Å². The number of halogens is 2. The van der Waals surface area contributed by atoms with Crippen molar-refractivity contribution in [1.82, 2.24) is 4.98 Å². The molecule has 7 heteroatoms. The summed E-state index contributed by atoms with van der Waals surface area (Å²) in [6.07, 6.45) is 3.19. The number of amides is 1. The first-order valence-electron chi connectivity index (χ1n) is 8.34. The highest BCUT2D eigenvalue weighted by Gasteiger charge is 2.14. The number of hydrogen-bond acceptors (Lipinski definition) is 4. The Morgan fingerprint density at radius 2 is 1.86 bits per heavy atom. The first kappa shape index (κ1) is 19.9. The number of methoxy groups -OCH3 is 1. The molecule has 1 heterocycles. The minimum absolute atomic E-state index is 0.127. The molecule has 0 aliphatic carbocycles. The van der Waals surface area contributed by atoms with Crippen molar-refractivity contribution in [2.45, 2.75) is 6.42 Å². The van der Waals surface area contributed by atoms with Gasteiger partial charge in [-0.05, 0) is 48.0 Å². The predicted molar refractivity (Wildman–Crippen MR) is 110 cm³/mol. The molecule has 0 fully saturated rings. The number of ketones is 1. The van der Waals surface area contributed by atoms with Gasteiger partial charge in [-0.25, -0.2) is 0 Å². The molecule has 0 radical (unpaired) electrons. The highest BCUT2D eigenvalue weighted by Crippen LogP contribution is 2.27. The number of benzene rings is 2. The SMILES string of the molecule is COc1ccc(C(=O)Cc2ccc(Cl)c(Cl)c2)cc1NC(=O)c1cccnc1. The summed E-state index contributed by atoms with van der Waals surface area (Å²) in [6, 6.07) is 13.3. The van der Waals surface area contributed by atoms with Crippen molar-refractivity contribution in [1.29, 1.82) is 0 Å². The fraction of sp³-hybridized carbons (Fsp3) is 0.0952. The zero-order chi connectivity index (χ0) is 20.1. The second kappa shape index (κ2) is 8.87. The summed E-state index contributed by atoms with van der Waals surface area (Å²) in [5, 5.41) is 3.59. The quantitative estimate of drug-likeness (QED) is 0.571. The van der Waals surface area contributed by atoms with Gasteiger partial charge in [0, 0.05) is 24.4 Å². The molecule has 0 saturated heterocycles. The molecule has 0 aliphatic heterocycles. The molecule has 3 rings (SSSR count). The van der Waals surface area contributed by atoms with Gasteiger partial charge < -0.3 is 10.1 Å². The van der Waals surface area contributed by atoms with Crippen molar-refractivity contribution in [3.05, 3.63) is 87.7 Å². The van der Waals surface area contributed by atoms with Crippen LogP contribution in [0, 0.1) is 0 Å². The fourth-order valence-corrected chi connectivity index (χ4v) is 2.93. The van der Waals surface area contributed by atoms with Crippen molar-refractivity contribution in [2.24, 2.45) is 0 Å². The van der Waals surface area contributed by atoms with Crippen molar-refractivity contribution in [3.63, 3.8) is 0 Å². The maximum Gasteiger partial charge on any atom is 0.257 e. The number of ether oxygens (including phenoxy) is 1. The monoisotopic (exact) mass is 414 g/mol. The van der Waals surface area contributed by atoms with E-state index in [1.165, 1.54) is 13.3 Å². The van der Waals surface area contributed by atoms with Gasteiger partial charge in [-0.2, -0.15) is 0 Å². The zero-order valence-electron chi connectivity index (χ0n) is 14.9. The summed E-state index contributed by atoms with van der Waals surface area (Å²) >= 11 is 11.9. The van der Waals surface area contributed by atoms with Crippen LogP contribution in [0.5, 0.6) is 5.75 Å². The largest absolute Gasteiger partial charge is 0.495 e. The van der Waals surface area contributed by atoms with Crippen LogP contribution in [0.1, 0.15) is 26.3 Å².